The summed E-state index contributed by atoms with van der Waals surface area (Å²) in [7, 11) is 0. The van der Waals surface area contributed by atoms with E-state index in [0.29, 0.717) is 12.6 Å². The number of hydrogen-bond donors (Lipinski definition) is 0. The van der Waals surface area contributed by atoms with Gasteiger partial charge in [0.25, 0.3) is 0 Å². The average molecular weight is 255 g/mol. The van der Waals surface area contributed by atoms with Crippen molar-refractivity contribution in [1.82, 2.24) is 14.7 Å². The molecule has 0 aromatic rings. The van der Waals surface area contributed by atoms with Crippen LogP contribution in [0.25, 0.3) is 0 Å². The van der Waals surface area contributed by atoms with Gasteiger partial charge in [0.1, 0.15) is 0 Å². The van der Waals surface area contributed by atoms with Crippen molar-refractivity contribution >= 4 is 5.91 Å². The van der Waals surface area contributed by atoms with Crippen molar-refractivity contribution in [2.45, 2.75) is 19.9 Å². The molecule has 2 heterocycles. The van der Waals surface area contributed by atoms with Crippen LogP contribution < -0.4 is 0 Å². The van der Waals surface area contributed by atoms with Crippen LogP contribution in [0.2, 0.25) is 0 Å². The molecule has 2 rings (SSSR count). The first-order valence-electron chi connectivity index (χ1n) is 6.99. The molecule has 0 radical (unpaired) electrons. The molecule has 2 aliphatic heterocycles. The zero-order valence-corrected chi connectivity index (χ0v) is 11.6. The molecular formula is C13H25N3O2. The maximum absolute atomic E-state index is 12.2. The van der Waals surface area contributed by atoms with Crippen LogP contribution in [-0.4, -0.2) is 85.7 Å². The summed E-state index contributed by atoms with van der Waals surface area (Å²) in [4.78, 5) is 18.8. The summed E-state index contributed by atoms with van der Waals surface area (Å²) in [5.41, 5.74) is 0. The Morgan fingerprint density at radius 1 is 1.06 bits per heavy atom. The standard InChI is InChI=1S/C13H25N3O2/c1-12(2)15-3-5-16(6-4-15)13(17)11-14-7-9-18-10-8-14/h12H,3-11H2,1-2H3. The second kappa shape index (κ2) is 6.50. The lowest BCUT2D eigenvalue weighted by molar-refractivity contribution is -0.135. The van der Waals surface area contributed by atoms with E-state index in [1.807, 2.05) is 4.90 Å². The van der Waals surface area contributed by atoms with Crippen LogP contribution >= 0.6 is 0 Å². The summed E-state index contributed by atoms with van der Waals surface area (Å²) in [6.07, 6.45) is 0. The van der Waals surface area contributed by atoms with E-state index < -0.39 is 0 Å². The topological polar surface area (TPSA) is 36.0 Å². The van der Waals surface area contributed by atoms with Gasteiger partial charge in [0, 0.05) is 45.3 Å². The zero-order chi connectivity index (χ0) is 13.0. The molecule has 0 saturated carbocycles. The van der Waals surface area contributed by atoms with Crippen molar-refractivity contribution in [2.75, 3.05) is 59.0 Å². The highest BCUT2D eigenvalue weighted by Crippen LogP contribution is 2.07. The van der Waals surface area contributed by atoms with Gasteiger partial charge >= 0.3 is 0 Å². The minimum Gasteiger partial charge on any atom is -0.379 e. The van der Waals surface area contributed by atoms with Crippen LogP contribution in [0.5, 0.6) is 0 Å². The zero-order valence-electron chi connectivity index (χ0n) is 11.6. The molecule has 18 heavy (non-hydrogen) atoms. The predicted octanol–water partition coefficient (Wildman–Crippen LogP) is -0.129. The third kappa shape index (κ3) is 3.67. The van der Waals surface area contributed by atoms with E-state index in [9.17, 15) is 4.79 Å². The van der Waals surface area contributed by atoms with Gasteiger partial charge < -0.3 is 9.64 Å². The molecule has 2 fully saturated rings. The van der Waals surface area contributed by atoms with E-state index in [4.69, 9.17) is 4.74 Å². The number of piperazine rings is 1. The Bertz CT molecular complexity index is 269. The van der Waals surface area contributed by atoms with Crippen LogP contribution in [0.4, 0.5) is 0 Å². The van der Waals surface area contributed by atoms with Gasteiger partial charge in [0.2, 0.25) is 5.91 Å². The van der Waals surface area contributed by atoms with Crippen LogP contribution in [0.1, 0.15) is 13.8 Å². The lowest BCUT2D eigenvalue weighted by Gasteiger charge is -2.38. The molecule has 1 amide bonds. The molecule has 2 aliphatic rings. The fourth-order valence-electron chi connectivity index (χ4n) is 2.54. The molecule has 0 aromatic carbocycles. The number of amides is 1. The first kappa shape index (κ1) is 13.8. The molecule has 0 atom stereocenters. The highest BCUT2D eigenvalue weighted by atomic mass is 16.5. The number of carbonyl (C=O) groups excluding carboxylic acids is 1. The Balaban J connectivity index is 1.73. The monoisotopic (exact) mass is 255 g/mol. The average Bonchev–Trinajstić information content (AvgIpc) is 2.40. The highest BCUT2D eigenvalue weighted by Gasteiger charge is 2.24. The van der Waals surface area contributed by atoms with Gasteiger partial charge in [-0.1, -0.05) is 0 Å². The SMILES string of the molecule is CC(C)N1CCN(C(=O)CN2CCOCC2)CC1. The third-order valence-corrected chi connectivity index (χ3v) is 3.86. The maximum atomic E-state index is 12.2. The lowest BCUT2D eigenvalue weighted by atomic mass is 10.2. The molecule has 104 valence electrons. The fourth-order valence-corrected chi connectivity index (χ4v) is 2.54. The van der Waals surface area contributed by atoms with E-state index in [0.717, 1.165) is 52.5 Å². The quantitative estimate of drug-likeness (QED) is 0.704. The summed E-state index contributed by atoms with van der Waals surface area (Å²) in [6.45, 7) is 12.0. The number of nitrogens with zero attached hydrogens (tertiary/aromatic N) is 3. The van der Waals surface area contributed by atoms with Crippen LogP contribution in [0.15, 0.2) is 0 Å². The van der Waals surface area contributed by atoms with Gasteiger partial charge in [0.05, 0.1) is 19.8 Å². The molecule has 0 aromatic heterocycles. The largest absolute Gasteiger partial charge is 0.379 e. The highest BCUT2D eigenvalue weighted by molar-refractivity contribution is 5.78. The fraction of sp³-hybridized carbons (Fsp3) is 0.923. The molecular weight excluding hydrogens is 230 g/mol. The van der Waals surface area contributed by atoms with Gasteiger partial charge in [-0.25, -0.2) is 0 Å². The minimum absolute atomic E-state index is 0.278. The van der Waals surface area contributed by atoms with Crippen molar-refractivity contribution in [3.05, 3.63) is 0 Å². The first-order chi connectivity index (χ1) is 8.66. The summed E-state index contributed by atoms with van der Waals surface area (Å²) in [5, 5.41) is 0. The maximum Gasteiger partial charge on any atom is 0.236 e. The smallest absolute Gasteiger partial charge is 0.236 e. The summed E-state index contributed by atoms with van der Waals surface area (Å²) >= 11 is 0. The van der Waals surface area contributed by atoms with E-state index in [1.165, 1.54) is 0 Å². The van der Waals surface area contributed by atoms with Crippen LogP contribution in [0.3, 0.4) is 0 Å². The van der Waals surface area contributed by atoms with Gasteiger partial charge in [-0.15, -0.1) is 0 Å². The lowest BCUT2D eigenvalue weighted by Crippen LogP contribution is -2.53. The Morgan fingerprint density at radius 2 is 1.67 bits per heavy atom. The first-order valence-corrected chi connectivity index (χ1v) is 6.99. The number of carbonyl (C=O) groups is 1. The second-order valence-corrected chi connectivity index (χ2v) is 5.40. The van der Waals surface area contributed by atoms with E-state index in [1.54, 1.807) is 0 Å². The number of morpholine rings is 1. The van der Waals surface area contributed by atoms with Crippen molar-refractivity contribution in [3.8, 4) is 0 Å². The van der Waals surface area contributed by atoms with Crippen LogP contribution in [-0.2, 0) is 9.53 Å². The molecule has 2 saturated heterocycles. The van der Waals surface area contributed by atoms with Crippen molar-refractivity contribution in [1.29, 1.82) is 0 Å². The van der Waals surface area contributed by atoms with Crippen molar-refractivity contribution in [2.24, 2.45) is 0 Å². The number of rotatable bonds is 3. The molecule has 0 spiro atoms. The Hall–Kier alpha value is -0.650. The molecule has 0 unspecified atom stereocenters. The van der Waals surface area contributed by atoms with Gasteiger partial charge in [-0.05, 0) is 13.8 Å². The third-order valence-electron chi connectivity index (χ3n) is 3.86. The molecule has 0 aliphatic carbocycles. The number of hydrogen-bond acceptors (Lipinski definition) is 4. The molecule has 5 heteroatoms. The van der Waals surface area contributed by atoms with E-state index >= 15 is 0 Å². The molecule has 0 N–H and O–H groups in total. The molecule has 5 nitrogen and oxygen atoms in total. The van der Waals surface area contributed by atoms with E-state index in [-0.39, 0.29) is 5.91 Å². The summed E-state index contributed by atoms with van der Waals surface area (Å²) in [5.74, 6) is 0.278. The summed E-state index contributed by atoms with van der Waals surface area (Å²) in [6, 6.07) is 0.585. The van der Waals surface area contributed by atoms with Gasteiger partial charge in [-0.2, -0.15) is 0 Å². The predicted molar refractivity (Wildman–Crippen MR) is 70.5 cm³/mol. The molecule has 0 bridgehead atoms. The van der Waals surface area contributed by atoms with Crippen LogP contribution in [0, 0.1) is 0 Å². The van der Waals surface area contributed by atoms with E-state index in [2.05, 4.69) is 23.6 Å². The van der Waals surface area contributed by atoms with Crippen molar-refractivity contribution in [3.63, 3.8) is 0 Å². The number of ether oxygens (including phenoxy) is 1. The minimum atomic E-state index is 0.278. The normalized spacial score (nSPS) is 23.6. The van der Waals surface area contributed by atoms with Gasteiger partial charge in [0.15, 0.2) is 0 Å². The Kier molecular flexibility index (Phi) is 4.97. The second-order valence-electron chi connectivity index (χ2n) is 5.40. The van der Waals surface area contributed by atoms with Gasteiger partial charge in [-0.3, -0.25) is 14.6 Å². The Labute approximate surface area is 110 Å². The van der Waals surface area contributed by atoms with Crippen molar-refractivity contribution < 1.29 is 9.53 Å². The summed E-state index contributed by atoms with van der Waals surface area (Å²) < 4.78 is 5.29. The Morgan fingerprint density at radius 3 is 2.22 bits per heavy atom.